The Morgan fingerprint density at radius 1 is 1.06 bits per heavy atom. The van der Waals surface area contributed by atoms with E-state index in [2.05, 4.69) is 0 Å². The Labute approximate surface area is 183 Å². The van der Waals surface area contributed by atoms with Crippen LogP contribution in [0.2, 0.25) is 0 Å². The number of nitrogens with zero attached hydrogens (tertiary/aromatic N) is 1. The lowest BCUT2D eigenvalue weighted by atomic mass is 9.90. The van der Waals surface area contributed by atoms with E-state index in [4.69, 9.17) is 4.74 Å². The van der Waals surface area contributed by atoms with Crippen LogP contribution in [-0.4, -0.2) is 55.9 Å². The van der Waals surface area contributed by atoms with Gasteiger partial charge in [0, 0.05) is 18.7 Å². The number of halogens is 3. The molecule has 0 bridgehead atoms. The SMILES string of the molecule is O=C(c1cccc(C2(O)COC2)c1)N1CCC(S(=O)(=O)c2ccc(C(F)(F)F)cc2)CC1. The Bertz CT molecular complexity index is 1100. The van der Waals surface area contributed by atoms with Gasteiger partial charge in [-0.1, -0.05) is 12.1 Å². The first kappa shape index (κ1) is 22.8. The van der Waals surface area contributed by atoms with E-state index in [9.17, 15) is 31.5 Å². The van der Waals surface area contributed by atoms with Crippen molar-refractivity contribution in [3.05, 3.63) is 65.2 Å². The minimum atomic E-state index is -4.54. The third kappa shape index (κ3) is 4.26. The number of rotatable bonds is 4. The van der Waals surface area contributed by atoms with Crippen molar-refractivity contribution >= 4 is 15.7 Å². The number of likely N-dealkylation sites (tertiary alicyclic amines) is 1. The summed E-state index contributed by atoms with van der Waals surface area (Å²) in [5.74, 6) is -0.263. The van der Waals surface area contributed by atoms with Crippen LogP contribution in [0, 0.1) is 0 Å². The molecule has 2 aromatic carbocycles. The van der Waals surface area contributed by atoms with Crippen LogP contribution >= 0.6 is 0 Å². The van der Waals surface area contributed by atoms with Crippen LogP contribution in [0.1, 0.15) is 34.3 Å². The normalized spacial score (nSPS) is 19.4. The fourth-order valence-electron chi connectivity index (χ4n) is 3.98. The topological polar surface area (TPSA) is 83.9 Å². The van der Waals surface area contributed by atoms with Crippen LogP contribution < -0.4 is 0 Å². The molecule has 0 unspecified atom stereocenters. The summed E-state index contributed by atoms with van der Waals surface area (Å²) in [6.07, 6.45) is -4.16. The lowest BCUT2D eigenvalue weighted by Crippen LogP contribution is -2.46. The van der Waals surface area contributed by atoms with Crippen molar-refractivity contribution in [1.29, 1.82) is 0 Å². The largest absolute Gasteiger partial charge is 0.416 e. The standard InChI is InChI=1S/C22H22F3NO5S/c23-22(24,25)16-4-6-18(7-5-16)32(29,30)19-8-10-26(11-9-19)20(27)15-2-1-3-17(12-15)21(28)13-31-14-21/h1-7,12,19,28H,8-11,13-14H2. The predicted molar refractivity (Wildman–Crippen MR) is 109 cm³/mol. The van der Waals surface area contributed by atoms with E-state index in [0.29, 0.717) is 11.1 Å². The van der Waals surface area contributed by atoms with Gasteiger partial charge in [0.15, 0.2) is 9.84 Å². The smallest absolute Gasteiger partial charge is 0.380 e. The summed E-state index contributed by atoms with van der Waals surface area (Å²) in [6, 6.07) is 10.2. The minimum Gasteiger partial charge on any atom is -0.380 e. The molecule has 6 nitrogen and oxygen atoms in total. The van der Waals surface area contributed by atoms with Gasteiger partial charge in [0.05, 0.1) is 28.9 Å². The highest BCUT2D eigenvalue weighted by atomic mass is 32.2. The van der Waals surface area contributed by atoms with Gasteiger partial charge >= 0.3 is 6.18 Å². The average molecular weight is 469 g/mol. The van der Waals surface area contributed by atoms with E-state index in [1.165, 1.54) is 0 Å². The number of benzene rings is 2. The number of amides is 1. The molecule has 10 heteroatoms. The van der Waals surface area contributed by atoms with Crippen molar-refractivity contribution in [1.82, 2.24) is 4.90 Å². The maximum Gasteiger partial charge on any atom is 0.416 e. The number of alkyl halides is 3. The van der Waals surface area contributed by atoms with E-state index < -0.39 is 32.4 Å². The summed E-state index contributed by atoms with van der Waals surface area (Å²) < 4.78 is 69.0. The number of aliphatic hydroxyl groups is 1. The molecule has 2 saturated heterocycles. The van der Waals surface area contributed by atoms with Crippen LogP contribution in [0.5, 0.6) is 0 Å². The molecule has 2 aliphatic rings. The van der Waals surface area contributed by atoms with Crippen molar-refractivity contribution in [2.45, 2.75) is 34.8 Å². The van der Waals surface area contributed by atoms with Crippen molar-refractivity contribution in [3.8, 4) is 0 Å². The summed E-state index contributed by atoms with van der Waals surface area (Å²) in [5.41, 5.74) is -1.02. The molecule has 2 aromatic rings. The highest BCUT2D eigenvalue weighted by Crippen LogP contribution is 2.32. The fourth-order valence-corrected chi connectivity index (χ4v) is 5.71. The molecule has 2 heterocycles. The molecular formula is C22H22F3NO5S. The Kier molecular flexibility index (Phi) is 5.81. The number of carbonyl (C=O) groups is 1. The zero-order valence-electron chi connectivity index (χ0n) is 17.0. The summed E-state index contributed by atoms with van der Waals surface area (Å²) in [7, 11) is -3.81. The van der Waals surface area contributed by atoms with Crippen molar-refractivity contribution in [3.63, 3.8) is 0 Å². The second kappa shape index (κ2) is 8.17. The van der Waals surface area contributed by atoms with Crippen LogP contribution in [0.25, 0.3) is 0 Å². The van der Waals surface area contributed by atoms with E-state index >= 15 is 0 Å². The van der Waals surface area contributed by atoms with E-state index in [1.54, 1.807) is 29.2 Å². The molecule has 0 atom stereocenters. The minimum absolute atomic E-state index is 0.154. The van der Waals surface area contributed by atoms with Crippen LogP contribution in [0.15, 0.2) is 53.4 Å². The lowest BCUT2D eigenvalue weighted by molar-refractivity contribution is -0.184. The first-order chi connectivity index (χ1) is 15.0. The summed E-state index contributed by atoms with van der Waals surface area (Å²) in [6.45, 7) is 0.748. The first-order valence-electron chi connectivity index (χ1n) is 10.1. The summed E-state index contributed by atoms with van der Waals surface area (Å²) in [5, 5.41) is 9.64. The van der Waals surface area contributed by atoms with Crippen molar-refractivity contribution in [2.24, 2.45) is 0 Å². The molecule has 0 aromatic heterocycles. The highest BCUT2D eigenvalue weighted by molar-refractivity contribution is 7.92. The Balaban J connectivity index is 1.42. The fraction of sp³-hybridized carbons (Fsp3) is 0.409. The van der Waals surface area contributed by atoms with Crippen LogP contribution in [0.4, 0.5) is 13.2 Å². The van der Waals surface area contributed by atoms with Gasteiger partial charge in [-0.05, 0) is 54.8 Å². The van der Waals surface area contributed by atoms with Gasteiger partial charge in [-0.25, -0.2) is 8.42 Å². The van der Waals surface area contributed by atoms with Crippen LogP contribution in [-0.2, 0) is 26.4 Å². The molecule has 4 rings (SSSR count). The van der Waals surface area contributed by atoms with Gasteiger partial charge in [0.1, 0.15) is 5.60 Å². The quantitative estimate of drug-likeness (QED) is 0.745. The molecule has 2 fully saturated rings. The molecule has 0 saturated carbocycles. The number of hydrogen-bond donors (Lipinski definition) is 1. The maximum atomic E-state index is 12.9. The second-order valence-corrected chi connectivity index (χ2v) is 10.4. The van der Waals surface area contributed by atoms with E-state index in [1.807, 2.05) is 0 Å². The Hall–Kier alpha value is -2.43. The molecule has 1 N–H and O–H groups in total. The van der Waals surface area contributed by atoms with Gasteiger partial charge in [0.2, 0.25) is 0 Å². The number of carbonyl (C=O) groups excluding carboxylic acids is 1. The average Bonchev–Trinajstić information content (AvgIpc) is 2.76. The van der Waals surface area contributed by atoms with Gasteiger partial charge in [-0.2, -0.15) is 13.2 Å². The summed E-state index contributed by atoms with van der Waals surface area (Å²) in [4.78, 5) is 14.3. The van der Waals surface area contributed by atoms with E-state index in [0.717, 1.165) is 24.3 Å². The number of sulfone groups is 1. The number of hydrogen-bond acceptors (Lipinski definition) is 5. The third-order valence-electron chi connectivity index (χ3n) is 6.01. The molecule has 0 aliphatic carbocycles. The second-order valence-electron chi connectivity index (χ2n) is 8.16. The van der Waals surface area contributed by atoms with E-state index in [-0.39, 0.29) is 49.9 Å². The van der Waals surface area contributed by atoms with Gasteiger partial charge in [0.25, 0.3) is 5.91 Å². The van der Waals surface area contributed by atoms with Crippen molar-refractivity contribution < 1.29 is 36.2 Å². The Morgan fingerprint density at radius 3 is 2.22 bits per heavy atom. The van der Waals surface area contributed by atoms with Gasteiger partial charge in [-0.3, -0.25) is 4.79 Å². The zero-order valence-corrected chi connectivity index (χ0v) is 17.8. The summed E-state index contributed by atoms with van der Waals surface area (Å²) >= 11 is 0. The predicted octanol–water partition coefficient (Wildman–Crippen LogP) is 3.00. The highest BCUT2D eigenvalue weighted by Gasteiger charge is 2.39. The third-order valence-corrected chi connectivity index (χ3v) is 8.29. The molecule has 0 radical (unpaired) electrons. The van der Waals surface area contributed by atoms with Gasteiger partial charge < -0.3 is 14.7 Å². The molecule has 0 spiro atoms. The monoisotopic (exact) mass is 469 g/mol. The molecule has 172 valence electrons. The lowest BCUT2D eigenvalue weighted by Gasteiger charge is -2.37. The molecule has 2 aliphatic heterocycles. The Morgan fingerprint density at radius 2 is 1.69 bits per heavy atom. The van der Waals surface area contributed by atoms with Crippen molar-refractivity contribution in [2.75, 3.05) is 26.3 Å². The zero-order chi connectivity index (χ0) is 23.1. The maximum absolute atomic E-state index is 12.9. The number of ether oxygens (including phenoxy) is 1. The molecule has 1 amide bonds. The number of piperidine rings is 1. The van der Waals surface area contributed by atoms with Gasteiger partial charge in [-0.15, -0.1) is 0 Å². The molecule has 32 heavy (non-hydrogen) atoms. The molecular weight excluding hydrogens is 447 g/mol. The van der Waals surface area contributed by atoms with Crippen LogP contribution in [0.3, 0.4) is 0 Å². The first-order valence-corrected chi connectivity index (χ1v) is 11.7.